The highest BCUT2D eigenvalue weighted by atomic mass is 16.5. The summed E-state index contributed by atoms with van der Waals surface area (Å²) in [5.41, 5.74) is 2.20. The van der Waals surface area contributed by atoms with Gasteiger partial charge in [-0.1, -0.05) is 11.2 Å². The molecule has 8 heteroatoms. The van der Waals surface area contributed by atoms with Crippen molar-refractivity contribution in [2.45, 2.75) is 13.3 Å². The lowest BCUT2D eigenvalue weighted by atomic mass is 10.1. The van der Waals surface area contributed by atoms with Gasteiger partial charge in [-0.05, 0) is 43.2 Å². The molecule has 0 aliphatic carbocycles. The van der Waals surface area contributed by atoms with Crippen molar-refractivity contribution < 1.29 is 18.8 Å². The lowest BCUT2D eigenvalue weighted by Crippen LogP contribution is -2.14. The molecule has 2 heterocycles. The van der Waals surface area contributed by atoms with E-state index in [9.17, 15) is 4.79 Å². The predicted molar refractivity (Wildman–Crippen MR) is 105 cm³/mol. The molecule has 0 atom stereocenters. The summed E-state index contributed by atoms with van der Waals surface area (Å²) >= 11 is 0. The Kier molecular flexibility index (Phi) is 6.11. The number of anilines is 2. The normalized spacial score (nSPS) is 10.4. The van der Waals surface area contributed by atoms with Gasteiger partial charge in [0.05, 0.1) is 14.2 Å². The van der Waals surface area contributed by atoms with E-state index in [1.165, 1.54) is 0 Å². The van der Waals surface area contributed by atoms with Crippen LogP contribution in [0.4, 0.5) is 11.5 Å². The zero-order valence-corrected chi connectivity index (χ0v) is 16.0. The molecule has 0 unspecified atom stereocenters. The van der Waals surface area contributed by atoms with Crippen LogP contribution >= 0.6 is 0 Å². The summed E-state index contributed by atoms with van der Waals surface area (Å²) in [6, 6.07) is 11.0. The number of nitrogens with zero attached hydrogens (tertiary/aromatic N) is 2. The Bertz CT molecular complexity index is 955. The van der Waals surface area contributed by atoms with Crippen LogP contribution in [0.1, 0.15) is 21.8 Å². The highest BCUT2D eigenvalue weighted by Gasteiger charge is 2.11. The summed E-state index contributed by atoms with van der Waals surface area (Å²) in [6.45, 7) is 2.44. The second-order valence-electron chi connectivity index (χ2n) is 6.07. The molecule has 1 amide bonds. The molecule has 0 bridgehead atoms. The number of hydrogen-bond donors (Lipinski definition) is 2. The number of nitrogens with one attached hydrogen (secondary N) is 2. The van der Waals surface area contributed by atoms with E-state index in [0.29, 0.717) is 29.6 Å². The first-order valence-corrected chi connectivity index (χ1v) is 8.74. The SMILES string of the molecule is COc1ccc(CCNc2ccnc(C(=O)Nc3cc(C)on3)c2)cc1OC. The van der Waals surface area contributed by atoms with Crippen LogP contribution in [-0.2, 0) is 6.42 Å². The summed E-state index contributed by atoms with van der Waals surface area (Å²) in [7, 11) is 3.23. The first kappa shape index (κ1) is 19.2. The molecule has 2 aromatic heterocycles. The average Bonchev–Trinajstić information content (AvgIpc) is 3.12. The van der Waals surface area contributed by atoms with E-state index in [0.717, 1.165) is 17.7 Å². The number of aromatic nitrogens is 2. The Hall–Kier alpha value is -3.55. The molecule has 3 aromatic rings. The summed E-state index contributed by atoms with van der Waals surface area (Å²) in [5.74, 6) is 2.03. The molecule has 3 rings (SSSR count). The summed E-state index contributed by atoms with van der Waals surface area (Å²) < 4.78 is 15.5. The maximum absolute atomic E-state index is 12.3. The minimum absolute atomic E-state index is 0.289. The molecular weight excluding hydrogens is 360 g/mol. The maximum Gasteiger partial charge on any atom is 0.275 e. The van der Waals surface area contributed by atoms with Crippen LogP contribution in [0, 0.1) is 6.92 Å². The second kappa shape index (κ2) is 8.90. The summed E-state index contributed by atoms with van der Waals surface area (Å²) in [6.07, 6.45) is 2.37. The standard InChI is InChI=1S/C20H22N4O4/c1-13-10-19(24-28-13)23-20(25)16-12-15(7-9-22-16)21-8-6-14-4-5-17(26-2)18(11-14)27-3/h4-5,7,9-12H,6,8H2,1-3H3,(H,21,22)(H,23,24,25). The van der Waals surface area contributed by atoms with Gasteiger partial charge in [0.2, 0.25) is 0 Å². The van der Waals surface area contributed by atoms with Crippen molar-refractivity contribution in [3.63, 3.8) is 0 Å². The Balaban J connectivity index is 1.58. The Morgan fingerprint density at radius 2 is 1.93 bits per heavy atom. The van der Waals surface area contributed by atoms with Gasteiger partial charge in [-0.2, -0.15) is 0 Å². The molecule has 8 nitrogen and oxygen atoms in total. The van der Waals surface area contributed by atoms with Gasteiger partial charge >= 0.3 is 0 Å². The van der Waals surface area contributed by atoms with Crippen LogP contribution in [-0.4, -0.2) is 36.8 Å². The molecule has 0 aliphatic rings. The van der Waals surface area contributed by atoms with Gasteiger partial charge in [0.15, 0.2) is 17.3 Å². The first-order chi connectivity index (χ1) is 13.6. The number of ether oxygens (including phenoxy) is 2. The number of pyridine rings is 1. The summed E-state index contributed by atoms with van der Waals surface area (Å²) in [4.78, 5) is 16.4. The topological polar surface area (TPSA) is 98.5 Å². The number of hydrogen-bond acceptors (Lipinski definition) is 7. The molecule has 2 N–H and O–H groups in total. The van der Waals surface area contributed by atoms with Crippen molar-refractivity contribution in [3.8, 4) is 11.5 Å². The number of benzene rings is 1. The highest BCUT2D eigenvalue weighted by molar-refractivity contribution is 6.02. The molecule has 0 radical (unpaired) electrons. The van der Waals surface area contributed by atoms with Crippen LogP contribution in [0.5, 0.6) is 11.5 Å². The average molecular weight is 382 g/mol. The van der Waals surface area contributed by atoms with Gasteiger partial charge < -0.3 is 24.6 Å². The third-order valence-corrected chi connectivity index (χ3v) is 4.05. The Morgan fingerprint density at radius 3 is 2.64 bits per heavy atom. The smallest absolute Gasteiger partial charge is 0.275 e. The van der Waals surface area contributed by atoms with Crippen molar-refractivity contribution in [2.75, 3.05) is 31.4 Å². The molecule has 1 aromatic carbocycles. The van der Waals surface area contributed by atoms with Gasteiger partial charge in [-0.15, -0.1) is 0 Å². The van der Waals surface area contributed by atoms with E-state index in [4.69, 9.17) is 14.0 Å². The van der Waals surface area contributed by atoms with Crippen LogP contribution in [0.3, 0.4) is 0 Å². The van der Waals surface area contributed by atoms with E-state index in [-0.39, 0.29) is 11.6 Å². The highest BCUT2D eigenvalue weighted by Crippen LogP contribution is 2.27. The van der Waals surface area contributed by atoms with Crippen molar-refractivity contribution in [3.05, 3.63) is 59.6 Å². The largest absolute Gasteiger partial charge is 0.493 e. The molecule has 0 fully saturated rings. The third-order valence-electron chi connectivity index (χ3n) is 4.05. The van der Waals surface area contributed by atoms with Crippen LogP contribution in [0.25, 0.3) is 0 Å². The minimum Gasteiger partial charge on any atom is -0.493 e. The van der Waals surface area contributed by atoms with Gasteiger partial charge in [-0.25, -0.2) is 0 Å². The fourth-order valence-electron chi connectivity index (χ4n) is 2.66. The van der Waals surface area contributed by atoms with E-state index in [1.54, 1.807) is 39.5 Å². The van der Waals surface area contributed by atoms with Crippen LogP contribution in [0.2, 0.25) is 0 Å². The molecule has 0 saturated heterocycles. The molecule has 0 aliphatic heterocycles. The molecule has 146 valence electrons. The second-order valence-corrected chi connectivity index (χ2v) is 6.07. The minimum atomic E-state index is -0.350. The van der Waals surface area contributed by atoms with Crippen LogP contribution in [0.15, 0.2) is 47.1 Å². The molecule has 28 heavy (non-hydrogen) atoms. The quantitative estimate of drug-likeness (QED) is 0.617. The van der Waals surface area contributed by atoms with Gasteiger partial charge in [0, 0.05) is 24.5 Å². The van der Waals surface area contributed by atoms with Crippen LogP contribution < -0.4 is 20.1 Å². The number of carbonyl (C=O) groups excluding carboxylic acids is 1. The van der Waals surface area contributed by atoms with E-state index in [1.807, 2.05) is 24.3 Å². The number of amides is 1. The lowest BCUT2D eigenvalue weighted by Gasteiger charge is -2.11. The number of aryl methyl sites for hydroxylation is 1. The molecular formula is C20H22N4O4. The van der Waals surface area contributed by atoms with Crippen molar-refractivity contribution in [1.29, 1.82) is 0 Å². The third kappa shape index (κ3) is 4.79. The molecule has 0 saturated carbocycles. The van der Waals surface area contributed by atoms with Crippen molar-refractivity contribution >= 4 is 17.4 Å². The Morgan fingerprint density at radius 1 is 1.11 bits per heavy atom. The fourth-order valence-corrected chi connectivity index (χ4v) is 2.66. The van der Waals surface area contributed by atoms with Gasteiger partial charge in [-0.3, -0.25) is 9.78 Å². The fraction of sp³-hybridized carbons (Fsp3) is 0.250. The number of rotatable bonds is 8. The number of carbonyl (C=O) groups is 1. The van der Waals surface area contributed by atoms with Crippen molar-refractivity contribution in [2.24, 2.45) is 0 Å². The van der Waals surface area contributed by atoms with E-state index >= 15 is 0 Å². The number of methoxy groups -OCH3 is 2. The van der Waals surface area contributed by atoms with E-state index < -0.39 is 0 Å². The summed E-state index contributed by atoms with van der Waals surface area (Å²) in [5, 5.41) is 9.69. The predicted octanol–water partition coefficient (Wildman–Crippen LogP) is 3.30. The maximum atomic E-state index is 12.3. The Labute approximate surface area is 162 Å². The first-order valence-electron chi connectivity index (χ1n) is 8.74. The van der Waals surface area contributed by atoms with Gasteiger partial charge in [0.25, 0.3) is 5.91 Å². The van der Waals surface area contributed by atoms with E-state index in [2.05, 4.69) is 20.8 Å². The van der Waals surface area contributed by atoms with Crippen molar-refractivity contribution in [1.82, 2.24) is 10.1 Å². The lowest BCUT2D eigenvalue weighted by molar-refractivity contribution is 0.102. The van der Waals surface area contributed by atoms with Gasteiger partial charge in [0.1, 0.15) is 11.5 Å². The monoisotopic (exact) mass is 382 g/mol. The zero-order chi connectivity index (χ0) is 19.9. The molecule has 0 spiro atoms. The zero-order valence-electron chi connectivity index (χ0n) is 16.0.